The molecule has 0 bridgehead atoms. The van der Waals surface area contributed by atoms with E-state index in [9.17, 15) is 22.2 Å². The van der Waals surface area contributed by atoms with Gasteiger partial charge in [-0.05, 0) is 35.7 Å². The van der Waals surface area contributed by atoms with Gasteiger partial charge in [0.25, 0.3) is 5.56 Å². The van der Waals surface area contributed by atoms with E-state index in [2.05, 4.69) is 9.97 Å². The maximum atomic E-state index is 12.9. The molecule has 9 heteroatoms. The summed E-state index contributed by atoms with van der Waals surface area (Å²) in [6.07, 6.45) is -4.48. The van der Waals surface area contributed by atoms with Gasteiger partial charge in [0.2, 0.25) is 0 Å². The molecule has 2 aromatic heterocycles. The molecule has 0 spiro atoms. The molecular formula is C20H13F3N2O2S2. The minimum Gasteiger partial charge on any atom is -0.321 e. The van der Waals surface area contributed by atoms with Gasteiger partial charge in [-0.3, -0.25) is 9.00 Å². The molecule has 0 aliphatic rings. The molecule has 0 fully saturated rings. The highest BCUT2D eigenvalue weighted by atomic mass is 32.2. The maximum absolute atomic E-state index is 12.9. The molecule has 0 radical (unpaired) electrons. The van der Waals surface area contributed by atoms with Crippen molar-refractivity contribution >= 4 is 33.0 Å². The van der Waals surface area contributed by atoms with Crippen molar-refractivity contribution in [3.8, 4) is 11.3 Å². The predicted octanol–water partition coefficient (Wildman–Crippen LogP) is 4.98. The van der Waals surface area contributed by atoms with Crippen LogP contribution in [0.1, 0.15) is 10.6 Å². The van der Waals surface area contributed by atoms with Crippen LogP contribution in [0.3, 0.4) is 0 Å². The lowest BCUT2D eigenvalue weighted by Crippen LogP contribution is -2.10. The summed E-state index contributed by atoms with van der Waals surface area (Å²) in [4.78, 5) is 20.0. The number of aromatic amines is 1. The highest BCUT2D eigenvalue weighted by molar-refractivity contribution is 7.84. The first kappa shape index (κ1) is 19.5. The van der Waals surface area contributed by atoms with Crippen LogP contribution in [0, 0.1) is 0 Å². The minimum atomic E-state index is -4.48. The number of hydrogen-bond donors (Lipinski definition) is 1. The summed E-state index contributed by atoms with van der Waals surface area (Å²) in [7, 11) is -1.26. The van der Waals surface area contributed by atoms with E-state index in [1.54, 1.807) is 29.6 Å². The van der Waals surface area contributed by atoms with Crippen LogP contribution in [0.5, 0.6) is 0 Å². The second-order valence-electron chi connectivity index (χ2n) is 6.24. The highest BCUT2D eigenvalue weighted by Crippen LogP contribution is 2.31. The summed E-state index contributed by atoms with van der Waals surface area (Å²) >= 11 is 1.28. The third kappa shape index (κ3) is 4.15. The van der Waals surface area contributed by atoms with Crippen LogP contribution in [0.4, 0.5) is 13.2 Å². The van der Waals surface area contributed by atoms with Gasteiger partial charge in [-0.25, -0.2) is 4.98 Å². The number of hydrogen-bond acceptors (Lipinski definition) is 4. The molecule has 2 heterocycles. The SMILES string of the molecule is O=c1[nH]c2cc(C(F)(F)F)ccc2cc1-c1csc(CS(=O)c2ccccc2)n1. The number of H-pyrrole nitrogens is 1. The number of nitrogens with one attached hydrogen (secondary N) is 1. The lowest BCUT2D eigenvalue weighted by Gasteiger charge is -2.08. The number of alkyl halides is 3. The van der Waals surface area contributed by atoms with Crippen LogP contribution in [0.25, 0.3) is 22.2 Å². The fourth-order valence-electron chi connectivity index (χ4n) is 2.84. The predicted molar refractivity (Wildman–Crippen MR) is 107 cm³/mol. The van der Waals surface area contributed by atoms with Crippen LogP contribution in [0.15, 0.2) is 69.7 Å². The average Bonchev–Trinajstić information content (AvgIpc) is 3.15. The van der Waals surface area contributed by atoms with Crippen LogP contribution >= 0.6 is 11.3 Å². The summed E-state index contributed by atoms with van der Waals surface area (Å²) in [5.74, 6) is 0.217. The van der Waals surface area contributed by atoms with Gasteiger partial charge in [0, 0.05) is 15.8 Å². The molecule has 148 valence electrons. The van der Waals surface area contributed by atoms with Crippen LogP contribution in [-0.4, -0.2) is 14.2 Å². The number of benzene rings is 2. The maximum Gasteiger partial charge on any atom is 0.416 e. The Morgan fingerprint density at radius 2 is 1.83 bits per heavy atom. The molecule has 1 unspecified atom stereocenters. The Hall–Kier alpha value is -2.78. The first-order chi connectivity index (χ1) is 13.8. The lowest BCUT2D eigenvalue weighted by atomic mass is 10.1. The number of fused-ring (bicyclic) bond motifs is 1. The first-order valence-electron chi connectivity index (χ1n) is 8.44. The molecule has 1 atom stereocenters. The van der Waals surface area contributed by atoms with E-state index in [1.165, 1.54) is 23.5 Å². The van der Waals surface area contributed by atoms with Crippen LogP contribution in [0.2, 0.25) is 0 Å². The molecule has 0 amide bonds. The number of rotatable bonds is 4. The van der Waals surface area contributed by atoms with Gasteiger partial charge in [-0.1, -0.05) is 24.3 Å². The molecule has 4 nitrogen and oxygen atoms in total. The fraction of sp³-hybridized carbons (Fsp3) is 0.100. The van der Waals surface area contributed by atoms with E-state index in [1.807, 2.05) is 6.07 Å². The highest BCUT2D eigenvalue weighted by Gasteiger charge is 2.30. The molecule has 0 saturated carbocycles. The molecular weight excluding hydrogens is 421 g/mol. The Kier molecular flexibility index (Phi) is 5.10. The van der Waals surface area contributed by atoms with Gasteiger partial charge in [-0.15, -0.1) is 11.3 Å². The monoisotopic (exact) mass is 434 g/mol. The summed E-state index contributed by atoms with van der Waals surface area (Å²) in [5.41, 5.74) is -0.594. The van der Waals surface area contributed by atoms with Gasteiger partial charge in [0.1, 0.15) is 5.01 Å². The largest absolute Gasteiger partial charge is 0.416 e. The zero-order valence-electron chi connectivity index (χ0n) is 14.7. The molecule has 4 rings (SSSR count). The van der Waals surface area contributed by atoms with Crippen molar-refractivity contribution in [3.05, 3.63) is 80.9 Å². The van der Waals surface area contributed by atoms with Gasteiger partial charge in [0.15, 0.2) is 0 Å². The van der Waals surface area contributed by atoms with Gasteiger partial charge in [-0.2, -0.15) is 13.2 Å². The van der Waals surface area contributed by atoms with E-state index in [4.69, 9.17) is 0 Å². The van der Waals surface area contributed by atoms with Crippen molar-refractivity contribution < 1.29 is 17.4 Å². The molecule has 0 saturated heterocycles. The smallest absolute Gasteiger partial charge is 0.321 e. The van der Waals surface area contributed by atoms with Crippen molar-refractivity contribution in [2.24, 2.45) is 0 Å². The Morgan fingerprint density at radius 1 is 1.07 bits per heavy atom. The Bertz CT molecular complexity index is 1260. The Morgan fingerprint density at radius 3 is 2.55 bits per heavy atom. The third-order valence-electron chi connectivity index (χ3n) is 4.26. The van der Waals surface area contributed by atoms with Crippen LogP contribution < -0.4 is 5.56 Å². The number of pyridine rings is 1. The molecule has 0 aliphatic carbocycles. The number of halogens is 3. The first-order valence-corrected chi connectivity index (χ1v) is 10.6. The summed E-state index contributed by atoms with van der Waals surface area (Å²) < 4.78 is 51.0. The van der Waals surface area contributed by atoms with Gasteiger partial charge >= 0.3 is 6.18 Å². The third-order valence-corrected chi connectivity index (χ3v) is 6.63. The minimum absolute atomic E-state index is 0.106. The molecule has 0 aliphatic heterocycles. The Balaban J connectivity index is 1.64. The molecule has 2 aromatic carbocycles. The number of thiazole rings is 1. The zero-order chi connectivity index (χ0) is 20.6. The summed E-state index contributed by atoms with van der Waals surface area (Å²) in [5, 5.41) is 2.75. The number of aromatic nitrogens is 2. The van der Waals surface area contributed by atoms with E-state index in [-0.39, 0.29) is 16.8 Å². The van der Waals surface area contributed by atoms with E-state index >= 15 is 0 Å². The van der Waals surface area contributed by atoms with Crippen LogP contribution in [-0.2, 0) is 22.7 Å². The van der Waals surface area contributed by atoms with Crippen molar-refractivity contribution in [3.63, 3.8) is 0 Å². The second kappa shape index (κ2) is 7.57. The van der Waals surface area contributed by atoms with E-state index in [0.29, 0.717) is 21.0 Å². The standard InChI is InChI=1S/C20H13F3N2O2S2/c21-20(22,23)13-7-6-12-8-15(19(26)25-16(12)9-13)17-10-28-18(24-17)11-29(27)14-4-2-1-3-5-14/h1-10H,11H2,(H,25,26). The van der Waals surface area contributed by atoms with Crippen molar-refractivity contribution in [1.29, 1.82) is 0 Å². The average molecular weight is 434 g/mol. The van der Waals surface area contributed by atoms with Crippen molar-refractivity contribution in [1.82, 2.24) is 9.97 Å². The van der Waals surface area contributed by atoms with E-state index < -0.39 is 28.1 Å². The van der Waals surface area contributed by atoms with Crippen molar-refractivity contribution in [2.45, 2.75) is 16.8 Å². The summed E-state index contributed by atoms with van der Waals surface area (Å²) in [6, 6.07) is 13.7. The lowest BCUT2D eigenvalue weighted by molar-refractivity contribution is -0.137. The fourth-order valence-corrected chi connectivity index (χ4v) is 4.92. The normalized spacial score (nSPS) is 12.9. The molecule has 1 N–H and O–H groups in total. The summed E-state index contributed by atoms with van der Waals surface area (Å²) in [6.45, 7) is 0. The second-order valence-corrected chi connectivity index (χ2v) is 8.64. The van der Waals surface area contributed by atoms with Crippen molar-refractivity contribution in [2.75, 3.05) is 0 Å². The molecule has 29 heavy (non-hydrogen) atoms. The van der Waals surface area contributed by atoms with Gasteiger partial charge < -0.3 is 4.98 Å². The quantitative estimate of drug-likeness (QED) is 0.493. The number of nitrogens with zero attached hydrogens (tertiary/aromatic N) is 1. The van der Waals surface area contributed by atoms with Gasteiger partial charge in [0.05, 0.1) is 33.4 Å². The Labute approximate surface area is 169 Å². The topological polar surface area (TPSA) is 62.8 Å². The zero-order valence-corrected chi connectivity index (χ0v) is 16.3. The van der Waals surface area contributed by atoms with E-state index in [0.717, 1.165) is 12.1 Å². The molecule has 4 aromatic rings.